The van der Waals surface area contributed by atoms with Crippen molar-refractivity contribution < 1.29 is 9.18 Å². The topological polar surface area (TPSA) is 20.3 Å². The number of hydrogen-bond donors (Lipinski definition) is 0. The number of halogens is 2. The second kappa shape index (κ2) is 6.66. The van der Waals surface area contributed by atoms with Gasteiger partial charge in [0.2, 0.25) is 0 Å². The first-order valence-electron chi connectivity index (χ1n) is 6.39. The lowest BCUT2D eigenvalue weighted by Gasteiger charge is -2.21. The van der Waals surface area contributed by atoms with Gasteiger partial charge in [0, 0.05) is 23.1 Å². The summed E-state index contributed by atoms with van der Waals surface area (Å²) in [6, 6.07) is 13.6. The Morgan fingerprint density at radius 3 is 2.50 bits per heavy atom. The van der Waals surface area contributed by atoms with Gasteiger partial charge in [0.15, 0.2) is 0 Å². The Kier molecular flexibility index (Phi) is 4.90. The van der Waals surface area contributed by atoms with Crippen LogP contribution >= 0.6 is 15.9 Å². The van der Waals surface area contributed by atoms with Gasteiger partial charge >= 0.3 is 0 Å². The van der Waals surface area contributed by atoms with Gasteiger partial charge in [-0.15, -0.1) is 0 Å². The van der Waals surface area contributed by atoms with Crippen LogP contribution in [0.15, 0.2) is 53.0 Å². The lowest BCUT2D eigenvalue weighted by atomic mass is 10.1. The third-order valence-electron chi connectivity index (χ3n) is 3.02. The second-order valence-electron chi connectivity index (χ2n) is 4.46. The lowest BCUT2D eigenvalue weighted by Crippen LogP contribution is -2.30. The molecule has 0 heterocycles. The summed E-state index contributed by atoms with van der Waals surface area (Å²) in [7, 11) is 0. The van der Waals surface area contributed by atoms with E-state index in [-0.39, 0.29) is 11.7 Å². The Bertz CT molecular complexity index is 598. The molecule has 2 aromatic rings. The number of amides is 1. The molecule has 0 unspecified atom stereocenters. The molecule has 20 heavy (non-hydrogen) atoms. The monoisotopic (exact) mass is 335 g/mol. The smallest absolute Gasteiger partial charge is 0.254 e. The third-order valence-corrected chi connectivity index (χ3v) is 3.55. The summed E-state index contributed by atoms with van der Waals surface area (Å²) < 4.78 is 14.1. The van der Waals surface area contributed by atoms with Crippen molar-refractivity contribution in [2.75, 3.05) is 6.54 Å². The molecule has 0 radical (unpaired) electrons. The maximum absolute atomic E-state index is 13.2. The molecule has 4 heteroatoms. The van der Waals surface area contributed by atoms with Gasteiger partial charge in [0.25, 0.3) is 5.91 Å². The minimum atomic E-state index is -0.283. The predicted octanol–water partition coefficient (Wildman–Crippen LogP) is 4.25. The van der Waals surface area contributed by atoms with Crippen LogP contribution in [0.4, 0.5) is 4.39 Å². The number of hydrogen-bond acceptors (Lipinski definition) is 1. The van der Waals surface area contributed by atoms with E-state index in [1.54, 1.807) is 23.1 Å². The molecule has 2 nitrogen and oxygen atoms in total. The van der Waals surface area contributed by atoms with Crippen molar-refractivity contribution in [3.8, 4) is 0 Å². The van der Waals surface area contributed by atoms with Crippen LogP contribution in [0.3, 0.4) is 0 Å². The van der Waals surface area contributed by atoms with E-state index in [1.165, 1.54) is 12.1 Å². The van der Waals surface area contributed by atoms with Gasteiger partial charge in [0.05, 0.1) is 0 Å². The van der Waals surface area contributed by atoms with E-state index in [1.807, 2.05) is 25.1 Å². The van der Waals surface area contributed by atoms with Crippen LogP contribution in [0.5, 0.6) is 0 Å². The van der Waals surface area contributed by atoms with Gasteiger partial charge in [-0.05, 0) is 48.9 Å². The molecular weight excluding hydrogens is 321 g/mol. The van der Waals surface area contributed by atoms with Crippen molar-refractivity contribution in [2.24, 2.45) is 0 Å². The summed E-state index contributed by atoms with van der Waals surface area (Å²) >= 11 is 3.34. The molecule has 0 fully saturated rings. The van der Waals surface area contributed by atoms with Gasteiger partial charge in [-0.25, -0.2) is 4.39 Å². The zero-order valence-corrected chi connectivity index (χ0v) is 12.7. The van der Waals surface area contributed by atoms with E-state index in [4.69, 9.17) is 0 Å². The highest BCUT2D eigenvalue weighted by atomic mass is 79.9. The molecule has 104 valence electrons. The number of carbonyl (C=O) groups excluding carboxylic acids is 1. The van der Waals surface area contributed by atoms with Crippen molar-refractivity contribution in [3.05, 3.63) is 69.9 Å². The number of nitrogens with zero attached hydrogens (tertiary/aromatic N) is 1. The first-order valence-corrected chi connectivity index (χ1v) is 7.18. The average Bonchev–Trinajstić information content (AvgIpc) is 2.45. The van der Waals surface area contributed by atoms with Crippen LogP contribution in [0.1, 0.15) is 22.8 Å². The van der Waals surface area contributed by atoms with E-state index in [0.717, 1.165) is 10.0 Å². The van der Waals surface area contributed by atoms with Crippen LogP contribution in [0, 0.1) is 5.82 Å². The largest absolute Gasteiger partial charge is 0.335 e. The number of rotatable bonds is 4. The Balaban J connectivity index is 2.15. The second-order valence-corrected chi connectivity index (χ2v) is 5.37. The summed E-state index contributed by atoms with van der Waals surface area (Å²) in [6.45, 7) is 2.89. The van der Waals surface area contributed by atoms with Crippen LogP contribution in [0.25, 0.3) is 0 Å². The van der Waals surface area contributed by atoms with Crippen molar-refractivity contribution >= 4 is 21.8 Å². The molecule has 0 aliphatic rings. The molecule has 0 bridgehead atoms. The molecule has 0 aliphatic heterocycles. The summed E-state index contributed by atoms with van der Waals surface area (Å²) in [6.07, 6.45) is 0. The van der Waals surface area contributed by atoms with Gasteiger partial charge in [-0.3, -0.25) is 4.79 Å². The number of benzene rings is 2. The van der Waals surface area contributed by atoms with Crippen molar-refractivity contribution in [1.29, 1.82) is 0 Å². The molecular formula is C16H15BrFNO. The fourth-order valence-corrected chi connectivity index (χ4v) is 2.22. The van der Waals surface area contributed by atoms with Crippen LogP contribution in [-0.2, 0) is 6.54 Å². The first kappa shape index (κ1) is 14.7. The normalized spacial score (nSPS) is 10.3. The summed E-state index contributed by atoms with van der Waals surface area (Å²) in [5, 5.41) is 0. The maximum Gasteiger partial charge on any atom is 0.254 e. The zero-order valence-electron chi connectivity index (χ0n) is 11.1. The molecule has 1 amide bonds. The molecule has 2 rings (SSSR count). The summed E-state index contributed by atoms with van der Waals surface area (Å²) in [5.74, 6) is -0.334. The van der Waals surface area contributed by atoms with E-state index in [9.17, 15) is 9.18 Å². The van der Waals surface area contributed by atoms with Crippen LogP contribution in [-0.4, -0.2) is 17.4 Å². The van der Waals surface area contributed by atoms with E-state index >= 15 is 0 Å². The van der Waals surface area contributed by atoms with Crippen molar-refractivity contribution in [1.82, 2.24) is 4.90 Å². The predicted molar refractivity (Wildman–Crippen MR) is 81.0 cm³/mol. The Labute approximate surface area is 126 Å². The first-order chi connectivity index (χ1) is 9.60. The zero-order chi connectivity index (χ0) is 14.5. The van der Waals surface area contributed by atoms with Crippen molar-refractivity contribution in [3.63, 3.8) is 0 Å². The Hall–Kier alpha value is -1.68. The highest BCUT2D eigenvalue weighted by Gasteiger charge is 2.14. The molecule has 0 spiro atoms. The summed E-state index contributed by atoms with van der Waals surface area (Å²) in [5.41, 5.74) is 1.42. The van der Waals surface area contributed by atoms with Gasteiger partial charge < -0.3 is 4.90 Å². The van der Waals surface area contributed by atoms with E-state index in [0.29, 0.717) is 18.7 Å². The van der Waals surface area contributed by atoms with E-state index in [2.05, 4.69) is 15.9 Å². The van der Waals surface area contributed by atoms with Crippen LogP contribution < -0.4 is 0 Å². The van der Waals surface area contributed by atoms with Gasteiger partial charge in [-0.2, -0.15) is 0 Å². The third kappa shape index (κ3) is 3.67. The lowest BCUT2D eigenvalue weighted by molar-refractivity contribution is 0.0752. The highest BCUT2D eigenvalue weighted by Crippen LogP contribution is 2.14. The fraction of sp³-hybridized carbons (Fsp3) is 0.188. The fourth-order valence-electron chi connectivity index (χ4n) is 1.96. The van der Waals surface area contributed by atoms with Gasteiger partial charge in [-0.1, -0.05) is 28.1 Å². The molecule has 0 N–H and O–H groups in total. The molecule has 0 atom stereocenters. The molecule has 0 aliphatic carbocycles. The highest BCUT2D eigenvalue weighted by molar-refractivity contribution is 9.10. The van der Waals surface area contributed by atoms with Crippen molar-refractivity contribution in [2.45, 2.75) is 13.5 Å². The molecule has 0 aromatic heterocycles. The molecule has 0 saturated carbocycles. The Morgan fingerprint density at radius 2 is 1.90 bits per heavy atom. The van der Waals surface area contributed by atoms with Gasteiger partial charge in [0.1, 0.15) is 5.82 Å². The molecule has 2 aromatic carbocycles. The van der Waals surface area contributed by atoms with E-state index < -0.39 is 0 Å². The standard InChI is InChI=1S/C16H15BrFNO/c1-2-19(11-12-4-3-5-15(18)10-12)16(20)13-6-8-14(17)9-7-13/h3-10H,2,11H2,1H3. The quantitative estimate of drug-likeness (QED) is 0.817. The minimum Gasteiger partial charge on any atom is -0.335 e. The SMILES string of the molecule is CCN(Cc1cccc(F)c1)C(=O)c1ccc(Br)cc1. The summed E-state index contributed by atoms with van der Waals surface area (Å²) in [4.78, 5) is 14.1. The Morgan fingerprint density at radius 1 is 1.20 bits per heavy atom. The average molecular weight is 336 g/mol. The maximum atomic E-state index is 13.2. The van der Waals surface area contributed by atoms with Crippen LogP contribution in [0.2, 0.25) is 0 Å². The minimum absolute atomic E-state index is 0.0516. The number of carbonyl (C=O) groups is 1. The molecule has 0 saturated heterocycles.